The molecule has 0 saturated heterocycles. The van der Waals surface area contributed by atoms with Crippen LogP contribution in [-0.2, 0) is 0 Å². The minimum absolute atomic E-state index is 0.0861. The third-order valence-electron chi connectivity index (χ3n) is 3.75. The molecule has 2 aliphatic rings. The van der Waals surface area contributed by atoms with Crippen LogP contribution in [0.2, 0.25) is 0 Å². The number of hydrogen-bond acceptors (Lipinski definition) is 2. The van der Waals surface area contributed by atoms with Crippen LogP contribution in [0.3, 0.4) is 0 Å². The fraction of sp³-hybridized carbons (Fsp3) is 1.00. The summed E-state index contributed by atoms with van der Waals surface area (Å²) in [6.45, 7) is 0. The van der Waals surface area contributed by atoms with Gasteiger partial charge in [-0.3, -0.25) is 0 Å². The van der Waals surface area contributed by atoms with Gasteiger partial charge in [-0.1, -0.05) is 12.8 Å². The van der Waals surface area contributed by atoms with E-state index in [1.807, 2.05) is 0 Å². The molecular formula is C11H18F3NO. The Hall–Kier alpha value is -0.290. The first kappa shape index (κ1) is 12.2. The molecule has 2 N–H and O–H groups in total. The van der Waals surface area contributed by atoms with Gasteiger partial charge < -0.3 is 10.4 Å². The van der Waals surface area contributed by atoms with Crippen molar-refractivity contribution >= 4 is 0 Å². The molecule has 0 spiro atoms. The summed E-state index contributed by atoms with van der Waals surface area (Å²) < 4.78 is 38.3. The smallest absolute Gasteiger partial charge is 0.393 e. The molecule has 5 heteroatoms. The molecule has 0 aromatic rings. The summed E-state index contributed by atoms with van der Waals surface area (Å²) in [6, 6.07) is -0.353. The van der Waals surface area contributed by atoms with Crippen LogP contribution in [-0.4, -0.2) is 29.5 Å². The number of alkyl halides is 3. The molecule has 2 unspecified atom stereocenters. The van der Waals surface area contributed by atoms with E-state index in [1.165, 1.54) is 0 Å². The van der Waals surface area contributed by atoms with E-state index in [2.05, 4.69) is 5.32 Å². The van der Waals surface area contributed by atoms with Crippen molar-refractivity contribution in [1.82, 2.24) is 5.32 Å². The van der Waals surface area contributed by atoms with Crippen molar-refractivity contribution < 1.29 is 18.3 Å². The zero-order valence-corrected chi connectivity index (χ0v) is 9.13. The monoisotopic (exact) mass is 237 g/mol. The molecule has 0 amide bonds. The highest BCUT2D eigenvalue weighted by molar-refractivity contribution is 4.92. The van der Waals surface area contributed by atoms with E-state index in [9.17, 15) is 13.2 Å². The lowest BCUT2D eigenvalue weighted by atomic mass is 9.81. The zero-order valence-electron chi connectivity index (χ0n) is 9.13. The van der Waals surface area contributed by atoms with E-state index < -0.39 is 18.1 Å². The van der Waals surface area contributed by atoms with Crippen LogP contribution in [0.25, 0.3) is 0 Å². The average Bonchev–Trinajstić information content (AvgIpc) is 2.14. The van der Waals surface area contributed by atoms with Gasteiger partial charge in [-0.15, -0.1) is 0 Å². The summed E-state index contributed by atoms with van der Waals surface area (Å²) in [5, 5.41) is 12.2. The number of rotatable bonds is 2. The van der Waals surface area contributed by atoms with Gasteiger partial charge in [0.25, 0.3) is 0 Å². The van der Waals surface area contributed by atoms with Gasteiger partial charge in [-0.2, -0.15) is 13.2 Å². The molecule has 2 aliphatic carbocycles. The first-order chi connectivity index (χ1) is 7.47. The molecule has 0 heterocycles. The minimum Gasteiger partial charge on any atom is -0.393 e. The van der Waals surface area contributed by atoms with Crippen molar-refractivity contribution in [1.29, 1.82) is 0 Å². The van der Waals surface area contributed by atoms with Crippen molar-refractivity contribution in [2.75, 3.05) is 0 Å². The highest BCUT2D eigenvalue weighted by atomic mass is 19.4. The first-order valence-electron chi connectivity index (χ1n) is 5.97. The van der Waals surface area contributed by atoms with Crippen LogP contribution in [0.5, 0.6) is 0 Å². The molecule has 16 heavy (non-hydrogen) atoms. The Morgan fingerprint density at radius 1 is 1.06 bits per heavy atom. The Bertz CT molecular complexity index is 238. The standard InChI is InChI=1S/C11H18F3NO/c12-11(13,14)9-3-1-2-4-10(9)15-7-5-8(16)6-7/h7-10,15-16H,1-6H2. The predicted molar refractivity (Wildman–Crippen MR) is 54.0 cm³/mol. The maximum absolute atomic E-state index is 12.8. The first-order valence-corrected chi connectivity index (χ1v) is 5.97. The summed E-state index contributed by atoms with van der Waals surface area (Å²) in [4.78, 5) is 0. The van der Waals surface area contributed by atoms with Crippen LogP contribution in [0.4, 0.5) is 13.2 Å². The van der Waals surface area contributed by atoms with E-state index in [-0.39, 0.29) is 18.6 Å². The fourth-order valence-electron chi connectivity index (χ4n) is 2.75. The van der Waals surface area contributed by atoms with Crippen LogP contribution in [0, 0.1) is 5.92 Å². The minimum atomic E-state index is -4.08. The van der Waals surface area contributed by atoms with Crippen LogP contribution < -0.4 is 5.32 Å². The summed E-state index contributed by atoms with van der Waals surface area (Å²) in [7, 11) is 0. The van der Waals surface area contributed by atoms with Crippen molar-refractivity contribution in [2.45, 2.75) is 62.9 Å². The van der Waals surface area contributed by atoms with Crippen molar-refractivity contribution in [3.05, 3.63) is 0 Å². The highest BCUT2D eigenvalue weighted by Gasteiger charge is 2.46. The summed E-state index contributed by atoms with van der Waals surface area (Å²) in [6.07, 6.45) is -0.796. The Morgan fingerprint density at radius 3 is 2.25 bits per heavy atom. The lowest BCUT2D eigenvalue weighted by Crippen LogP contribution is -2.54. The van der Waals surface area contributed by atoms with Gasteiger partial charge in [0, 0.05) is 12.1 Å². The third-order valence-corrected chi connectivity index (χ3v) is 3.75. The Morgan fingerprint density at radius 2 is 1.69 bits per heavy atom. The van der Waals surface area contributed by atoms with Gasteiger partial charge >= 0.3 is 6.18 Å². The molecule has 0 aliphatic heterocycles. The molecule has 2 fully saturated rings. The van der Waals surface area contributed by atoms with E-state index in [4.69, 9.17) is 5.11 Å². The van der Waals surface area contributed by atoms with Crippen molar-refractivity contribution in [3.8, 4) is 0 Å². The SMILES string of the molecule is OC1CC(NC2CCCCC2C(F)(F)F)C1. The van der Waals surface area contributed by atoms with E-state index >= 15 is 0 Å². The van der Waals surface area contributed by atoms with Crippen molar-refractivity contribution in [3.63, 3.8) is 0 Å². The Kier molecular flexibility index (Phi) is 3.45. The van der Waals surface area contributed by atoms with Gasteiger partial charge in [0.15, 0.2) is 0 Å². The number of aliphatic hydroxyl groups excluding tert-OH is 1. The number of hydrogen-bond donors (Lipinski definition) is 2. The lowest BCUT2D eigenvalue weighted by molar-refractivity contribution is -0.190. The number of halogens is 3. The van der Waals surface area contributed by atoms with Gasteiger partial charge in [-0.05, 0) is 25.7 Å². The molecule has 0 aromatic heterocycles. The Balaban J connectivity index is 1.89. The molecular weight excluding hydrogens is 219 g/mol. The summed E-state index contributed by atoms with van der Waals surface area (Å²) >= 11 is 0. The van der Waals surface area contributed by atoms with Crippen molar-refractivity contribution in [2.24, 2.45) is 5.92 Å². The Labute approximate surface area is 93.2 Å². The van der Waals surface area contributed by atoms with E-state index in [0.717, 1.165) is 6.42 Å². The quantitative estimate of drug-likeness (QED) is 0.771. The normalized spacial score (nSPS) is 40.5. The van der Waals surface area contributed by atoms with Crippen LogP contribution in [0.15, 0.2) is 0 Å². The fourth-order valence-corrected chi connectivity index (χ4v) is 2.75. The van der Waals surface area contributed by atoms with Gasteiger partial charge in [0.05, 0.1) is 12.0 Å². The number of nitrogens with one attached hydrogen (secondary N) is 1. The third kappa shape index (κ3) is 2.69. The molecule has 0 bridgehead atoms. The van der Waals surface area contributed by atoms with Gasteiger partial charge in [0.2, 0.25) is 0 Å². The lowest BCUT2D eigenvalue weighted by Gasteiger charge is -2.40. The second-order valence-electron chi connectivity index (χ2n) is 5.03. The van der Waals surface area contributed by atoms with Gasteiger partial charge in [-0.25, -0.2) is 0 Å². The number of aliphatic hydroxyl groups is 1. The second kappa shape index (κ2) is 4.53. The molecule has 0 radical (unpaired) electrons. The maximum Gasteiger partial charge on any atom is 0.393 e. The highest BCUT2D eigenvalue weighted by Crippen LogP contribution is 2.38. The topological polar surface area (TPSA) is 32.3 Å². The molecule has 2 saturated carbocycles. The molecule has 94 valence electrons. The van der Waals surface area contributed by atoms with Gasteiger partial charge in [0.1, 0.15) is 0 Å². The van der Waals surface area contributed by atoms with Crippen LogP contribution >= 0.6 is 0 Å². The second-order valence-corrected chi connectivity index (χ2v) is 5.03. The predicted octanol–water partition coefficient (Wildman–Crippen LogP) is 2.22. The van der Waals surface area contributed by atoms with Crippen LogP contribution in [0.1, 0.15) is 38.5 Å². The molecule has 2 rings (SSSR count). The molecule has 0 aromatic carbocycles. The zero-order chi connectivity index (χ0) is 11.8. The summed E-state index contributed by atoms with van der Waals surface area (Å²) in [5.41, 5.74) is 0. The maximum atomic E-state index is 12.8. The van der Waals surface area contributed by atoms with E-state index in [1.54, 1.807) is 0 Å². The average molecular weight is 237 g/mol. The molecule has 2 atom stereocenters. The largest absolute Gasteiger partial charge is 0.393 e. The molecule has 2 nitrogen and oxygen atoms in total. The van der Waals surface area contributed by atoms with E-state index in [0.29, 0.717) is 25.7 Å². The summed E-state index contributed by atoms with van der Waals surface area (Å²) in [5.74, 6) is -1.20.